The second kappa shape index (κ2) is 5.48. The standard InChI is InChI=1S/C12H11ClFN3OS/c13-9-5-7(14)1-2-8(9)11-16-12(18-17-11)10-6-19-4-3-15-10/h1-2,5,10,15H,3-4,6H2. The average Bonchev–Trinajstić information content (AvgIpc) is 2.89. The first-order chi connectivity index (χ1) is 9.24. The van der Waals surface area contributed by atoms with Gasteiger partial charge in [-0.1, -0.05) is 16.8 Å². The Morgan fingerprint density at radius 3 is 3.11 bits per heavy atom. The lowest BCUT2D eigenvalue weighted by Gasteiger charge is -2.19. The zero-order valence-electron chi connectivity index (χ0n) is 9.90. The van der Waals surface area contributed by atoms with Crippen LogP contribution >= 0.6 is 23.4 Å². The van der Waals surface area contributed by atoms with Crippen LogP contribution in [-0.2, 0) is 0 Å². The van der Waals surface area contributed by atoms with Gasteiger partial charge in [0, 0.05) is 23.6 Å². The maximum absolute atomic E-state index is 13.0. The highest BCUT2D eigenvalue weighted by Crippen LogP contribution is 2.28. The normalized spacial score (nSPS) is 19.6. The number of aromatic nitrogens is 2. The SMILES string of the molecule is Fc1ccc(-c2noc(C3CSCCN3)n2)c(Cl)c1. The second-order valence-electron chi connectivity index (χ2n) is 4.16. The van der Waals surface area contributed by atoms with Gasteiger partial charge < -0.3 is 9.84 Å². The fourth-order valence-corrected chi connectivity index (χ4v) is 3.06. The number of nitrogens with zero attached hydrogens (tertiary/aromatic N) is 2. The van der Waals surface area contributed by atoms with E-state index in [0.717, 1.165) is 18.1 Å². The van der Waals surface area contributed by atoms with Gasteiger partial charge in [0.15, 0.2) is 0 Å². The zero-order chi connectivity index (χ0) is 13.2. The summed E-state index contributed by atoms with van der Waals surface area (Å²) in [4.78, 5) is 4.33. The van der Waals surface area contributed by atoms with E-state index >= 15 is 0 Å². The molecule has 0 bridgehead atoms. The first-order valence-corrected chi connectivity index (χ1v) is 7.37. The molecule has 1 unspecified atom stereocenters. The van der Waals surface area contributed by atoms with E-state index in [9.17, 15) is 4.39 Å². The summed E-state index contributed by atoms with van der Waals surface area (Å²) in [5.41, 5.74) is 0.571. The lowest BCUT2D eigenvalue weighted by Crippen LogP contribution is -2.30. The molecule has 1 N–H and O–H groups in total. The first kappa shape index (κ1) is 12.9. The van der Waals surface area contributed by atoms with Crippen molar-refractivity contribution in [3.8, 4) is 11.4 Å². The number of halogens is 2. The Kier molecular flexibility index (Phi) is 3.72. The van der Waals surface area contributed by atoms with Crippen molar-refractivity contribution in [3.63, 3.8) is 0 Å². The molecule has 0 spiro atoms. The van der Waals surface area contributed by atoms with Crippen molar-refractivity contribution >= 4 is 23.4 Å². The number of hydrogen-bond donors (Lipinski definition) is 1. The fraction of sp³-hybridized carbons (Fsp3) is 0.333. The van der Waals surface area contributed by atoms with Gasteiger partial charge in [0.1, 0.15) is 5.82 Å². The Bertz CT molecular complexity index is 586. The predicted octanol–water partition coefficient (Wildman–Crippen LogP) is 2.91. The van der Waals surface area contributed by atoms with Crippen LogP contribution in [0.1, 0.15) is 11.9 Å². The Balaban J connectivity index is 1.87. The summed E-state index contributed by atoms with van der Waals surface area (Å²) in [5, 5.41) is 7.50. The molecule has 19 heavy (non-hydrogen) atoms. The molecule has 1 aliphatic rings. The van der Waals surface area contributed by atoms with E-state index in [-0.39, 0.29) is 16.9 Å². The molecule has 3 rings (SSSR count). The van der Waals surface area contributed by atoms with Crippen LogP contribution in [0.25, 0.3) is 11.4 Å². The predicted molar refractivity (Wildman–Crippen MR) is 72.8 cm³/mol. The number of hydrogen-bond acceptors (Lipinski definition) is 5. The lowest BCUT2D eigenvalue weighted by molar-refractivity contribution is 0.342. The number of rotatable bonds is 2. The summed E-state index contributed by atoms with van der Waals surface area (Å²) in [6.07, 6.45) is 0. The highest BCUT2D eigenvalue weighted by atomic mass is 35.5. The van der Waals surface area contributed by atoms with Crippen molar-refractivity contribution in [2.24, 2.45) is 0 Å². The number of benzene rings is 1. The molecule has 1 fully saturated rings. The molecule has 0 radical (unpaired) electrons. The quantitative estimate of drug-likeness (QED) is 0.924. The summed E-state index contributed by atoms with van der Waals surface area (Å²) < 4.78 is 18.3. The Hall–Kier alpha value is -1.11. The maximum atomic E-state index is 13.0. The van der Waals surface area contributed by atoms with Gasteiger partial charge in [-0.05, 0) is 18.2 Å². The number of nitrogens with one attached hydrogen (secondary N) is 1. The molecule has 7 heteroatoms. The molecule has 4 nitrogen and oxygen atoms in total. The molecule has 1 aromatic heterocycles. The van der Waals surface area contributed by atoms with Crippen LogP contribution in [0.4, 0.5) is 4.39 Å². The van der Waals surface area contributed by atoms with Gasteiger partial charge >= 0.3 is 0 Å². The van der Waals surface area contributed by atoms with E-state index in [0.29, 0.717) is 17.3 Å². The summed E-state index contributed by atoms with van der Waals surface area (Å²) in [6, 6.07) is 4.18. The molecule has 0 saturated carbocycles. The van der Waals surface area contributed by atoms with Crippen molar-refractivity contribution in [1.82, 2.24) is 15.5 Å². The zero-order valence-corrected chi connectivity index (χ0v) is 11.5. The lowest BCUT2D eigenvalue weighted by atomic mass is 10.2. The topological polar surface area (TPSA) is 51.0 Å². The monoisotopic (exact) mass is 299 g/mol. The molecular weight excluding hydrogens is 289 g/mol. The van der Waals surface area contributed by atoms with Crippen LogP contribution in [0.5, 0.6) is 0 Å². The highest BCUT2D eigenvalue weighted by molar-refractivity contribution is 7.99. The minimum Gasteiger partial charge on any atom is -0.337 e. The third-order valence-corrected chi connectivity index (χ3v) is 4.21. The van der Waals surface area contributed by atoms with Crippen LogP contribution in [0.3, 0.4) is 0 Å². The smallest absolute Gasteiger partial charge is 0.244 e. The fourth-order valence-electron chi connectivity index (χ4n) is 1.88. The maximum Gasteiger partial charge on any atom is 0.244 e. The molecule has 1 aliphatic heterocycles. The van der Waals surface area contributed by atoms with Gasteiger partial charge in [-0.15, -0.1) is 0 Å². The van der Waals surface area contributed by atoms with Gasteiger partial charge in [-0.25, -0.2) is 4.39 Å². The molecule has 2 aromatic rings. The van der Waals surface area contributed by atoms with Crippen LogP contribution in [0.15, 0.2) is 22.7 Å². The second-order valence-corrected chi connectivity index (χ2v) is 5.72. The van der Waals surface area contributed by atoms with Gasteiger partial charge in [-0.2, -0.15) is 16.7 Å². The van der Waals surface area contributed by atoms with Crippen LogP contribution < -0.4 is 5.32 Å². The van der Waals surface area contributed by atoms with E-state index in [1.165, 1.54) is 12.1 Å². The molecule has 0 amide bonds. The van der Waals surface area contributed by atoms with Crippen molar-refractivity contribution in [3.05, 3.63) is 34.9 Å². The van der Waals surface area contributed by atoms with Crippen molar-refractivity contribution in [2.75, 3.05) is 18.1 Å². The van der Waals surface area contributed by atoms with Gasteiger partial charge in [0.25, 0.3) is 0 Å². The van der Waals surface area contributed by atoms with Gasteiger partial charge in [-0.3, -0.25) is 0 Å². The summed E-state index contributed by atoms with van der Waals surface area (Å²) in [7, 11) is 0. The molecular formula is C12H11ClFN3OS. The Morgan fingerprint density at radius 2 is 2.37 bits per heavy atom. The average molecular weight is 300 g/mol. The van der Waals surface area contributed by atoms with E-state index in [1.807, 2.05) is 11.8 Å². The Morgan fingerprint density at radius 1 is 1.47 bits per heavy atom. The molecule has 1 atom stereocenters. The van der Waals surface area contributed by atoms with Crippen LogP contribution in [-0.4, -0.2) is 28.2 Å². The van der Waals surface area contributed by atoms with Crippen molar-refractivity contribution in [1.29, 1.82) is 0 Å². The largest absolute Gasteiger partial charge is 0.337 e. The van der Waals surface area contributed by atoms with E-state index in [2.05, 4.69) is 15.5 Å². The Labute approximate surface area is 118 Å². The van der Waals surface area contributed by atoms with Gasteiger partial charge in [0.2, 0.25) is 11.7 Å². The van der Waals surface area contributed by atoms with Crippen molar-refractivity contribution in [2.45, 2.75) is 6.04 Å². The molecule has 100 valence electrons. The third-order valence-electron chi connectivity index (χ3n) is 2.83. The van der Waals surface area contributed by atoms with Crippen LogP contribution in [0, 0.1) is 5.82 Å². The summed E-state index contributed by atoms with van der Waals surface area (Å²) in [6.45, 7) is 0.921. The number of thioether (sulfide) groups is 1. The molecule has 0 aliphatic carbocycles. The van der Waals surface area contributed by atoms with Crippen LogP contribution in [0.2, 0.25) is 5.02 Å². The minimum atomic E-state index is -0.386. The van der Waals surface area contributed by atoms with Gasteiger partial charge in [0.05, 0.1) is 11.1 Å². The minimum absolute atomic E-state index is 0.0687. The van der Waals surface area contributed by atoms with Crippen molar-refractivity contribution < 1.29 is 8.91 Å². The third kappa shape index (κ3) is 2.75. The molecule has 1 saturated heterocycles. The molecule has 2 heterocycles. The summed E-state index contributed by atoms with van der Waals surface area (Å²) >= 11 is 7.82. The van der Waals surface area contributed by atoms with E-state index in [4.69, 9.17) is 16.1 Å². The highest BCUT2D eigenvalue weighted by Gasteiger charge is 2.22. The van der Waals surface area contributed by atoms with E-state index < -0.39 is 0 Å². The van der Waals surface area contributed by atoms with E-state index in [1.54, 1.807) is 6.07 Å². The summed E-state index contributed by atoms with van der Waals surface area (Å²) in [5.74, 6) is 2.53. The molecule has 1 aromatic carbocycles. The first-order valence-electron chi connectivity index (χ1n) is 5.84.